The van der Waals surface area contributed by atoms with Gasteiger partial charge in [-0.1, -0.05) is 78.9 Å². The molecule has 0 bridgehead atoms. The summed E-state index contributed by atoms with van der Waals surface area (Å²) in [4.78, 5) is 13.2. The average Bonchev–Trinajstić information content (AvgIpc) is 3.26. The molecule has 0 aliphatic heterocycles. The van der Waals surface area contributed by atoms with E-state index in [2.05, 4.69) is 42.6 Å². The van der Waals surface area contributed by atoms with Crippen LogP contribution in [0.3, 0.4) is 0 Å². The lowest BCUT2D eigenvalue weighted by molar-refractivity contribution is 0.102. The van der Waals surface area contributed by atoms with Gasteiger partial charge in [0, 0.05) is 11.3 Å². The molecule has 1 aromatic heterocycles. The maximum Gasteiger partial charge on any atom is 0.276 e. The summed E-state index contributed by atoms with van der Waals surface area (Å²) in [5, 5.41) is 10.0. The summed E-state index contributed by atoms with van der Waals surface area (Å²) in [6.45, 7) is 4.03. The minimum absolute atomic E-state index is 0.229. The van der Waals surface area contributed by atoms with Gasteiger partial charge >= 0.3 is 0 Å². The number of aryl methyl sites for hydroxylation is 2. The average molecular weight is 418 g/mol. The van der Waals surface area contributed by atoms with Gasteiger partial charge in [0.1, 0.15) is 0 Å². The van der Waals surface area contributed by atoms with Crippen LogP contribution in [0.4, 0.5) is 5.69 Å². The molecule has 0 atom stereocenters. The maximum atomic E-state index is 13.2. The van der Waals surface area contributed by atoms with Crippen molar-refractivity contribution in [1.82, 2.24) is 9.78 Å². The highest BCUT2D eigenvalue weighted by Crippen LogP contribution is 2.32. The van der Waals surface area contributed by atoms with Crippen molar-refractivity contribution in [2.24, 2.45) is 0 Å². The van der Waals surface area contributed by atoms with Gasteiger partial charge in [-0.3, -0.25) is 4.79 Å². The van der Waals surface area contributed by atoms with Crippen LogP contribution in [0.15, 0.2) is 97.1 Å². The van der Waals surface area contributed by atoms with Gasteiger partial charge in [0.05, 0.1) is 11.4 Å². The van der Waals surface area contributed by atoms with E-state index < -0.39 is 0 Å². The molecule has 0 radical (unpaired) electrons. The molecule has 4 heteroatoms. The Bertz CT molecular complexity index is 1440. The fourth-order valence-electron chi connectivity index (χ4n) is 4.02. The van der Waals surface area contributed by atoms with Crippen molar-refractivity contribution in [2.75, 3.05) is 5.32 Å². The van der Waals surface area contributed by atoms with Crippen molar-refractivity contribution >= 4 is 22.4 Å². The molecule has 4 nitrogen and oxygen atoms in total. The monoisotopic (exact) mass is 417 g/mol. The lowest BCUT2D eigenvalue weighted by atomic mass is 10.0. The zero-order valence-corrected chi connectivity index (χ0v) is 18.0. The Kier molecular flexibility index (Phi) is 5.04. The number of para-hydroxylation sites is 2. The van der Waals surface area contributed by atoms with Gasteiger partial charge < -0.3 is 5.32 Å². The Balaban J connectivity index is 1.67. The third kappa shape index (κ3) is 3.56. The number of amides is 1. The number of nitrogens with zero attached hydrogens (tertiary/aromatic N) is 2. The van der Waals surface area contributed by atoms with Crippen molar-refractivity contribution in [2.45, 2.75) is 13.8 Å². The van der Waals surface area contributed by atoms with E-state index >= 15 is 0 Å². The normalized spacial score (nSPS) is 10.9. The van der Waals surface area contributed by atoms with E-state index in [1.807, 2.05) is 78.3 Å². The highest BCUT2D eigenvalue weighted by molar-refractivity contribution is 6.05. The smallest absolute Gasteiger partial charge is 0.276 e. The maximum absolute atomic E-state index is 13.2. The van der Waals surface area contributed by atoms with Gasteiger partial charge in [0.25, 0.3) is 5.91 Å². The summed E-state index contributed by atoms with van der Waals surface area (Å²) in [5.41, 5.74) is 6.12. The second-order valence-corrected chi connectivity index (χ2v) is 7.91. The molecular weight excluding hydrogens is 394 g/mol. The molecule has 0 fully saturated rings. The first-order valence-electron chi connectivity index (χ1n) is 10.6. The first kappa shape index (κ1) is 19.8. The van der Waals surface area contributed by atoms with Gasteiger partial charge in [0.2, 0.25) is 0 Å². The molecule has 5 rings (SSSR count). The highest BCUT2D eigenvalue weighted by atomic mass is 16.2. The summed E-state index contributed by atoms with van der Waals surface area (Å²) in [5.74, 6) is -0.229. The lowest BCUT2D eigenvalue weighted by Gasteiger charge is -2.12. The Morgan fingerprint density at radius 3 is 2.28 bits per heavy atom. The van der Waals surface area contributed by atoms with Crippen molar-refractivity contribution in [3.05, 3.63) is 114 Å². The minimum Gasteiger partial charge on any atom is -0.320 e. The first-order chi connectivity index (χ1) is 15.6. The number of hydrogen-bond acceptors (Lipinski definition) is 2. The number of anilines is 1. The molecule has 0 spiro atoms. The predicted octanol–water partition coefficient (Wildman–Crippen LogP) is 6.56. The van der Waals surface area contributed by atoms with Crippen LogP contribution in [-0.2, 0) is 0 Å². The first-order valence-corrected chi connectivity index (χ1v) is 10.6. The zero-order chi connectivity index (χ0) is 22.1. The number of aromatic nitrogens is 2. The number of fused-ring (bicyclic) bond motifs is 1. The molecule has 156 valence electrons. The fraction of sp³-hybridized carbons (Fsp3) is 0.0714. The van der Waals surface area contributed by atoms with Crippen molar-refractivity contribution in [1.29, 1.82) is 0 Å². The van der Waals surface area contributed by atoms with E-state index in [9.17, 15) is 4.79 Å². The molecule has 0 saturated heterocycles. The minimum atomic E-state index is -0.229. The topological polar surface area (TPSA) is 46.9 Å². The number of carbonyl (C=O) groups is 1. The van der Waals surface area contributed by atoms with Crippen LogP contribution < -0.4 is 5.32 Å². The van der Waals surface area contributed by atoms with Crippen LogP contribution in [0, 0.1) is 13.8 Å². The molecule has 5 aromatic rings. The lowest BCUT2D eigenvalue weighted by Crippen LogP contribution is -2.14. The van der Waals surface area contributed by atoms with E-state index in [1.54, 1.807) is 0 Å². The quantitative estimate of drug-likeness (QED) is 0.360. The molecule has 1 heterocycles. The van der Waals surface area contributed by atoms with E-state index in [0.717, 1.165) is 44.5 Å². The standard InChI is InChI=1S/C28H23N3O/c1-19-10-3-7-16-24(19)29-28(32)25-18-27(31(30-25)26-17-8-4-11-20(26)2)23-15-9-13-21-12-5-6-14-22(21)23/h3-18H,1-2H3,(H,29,32). The highest BCUT2D eigenvalue weighted by Gasteiger charge is 2.19. The third-order valence-electron chi connectivity index (χ3n) is 5.74. The summed E-state index contributed by atoms with van der Waals surface area (Å²) in [6.07, 6.45) is 0. The van der Waals surface area contributed by atoms with Crippen LogP contribution in [0.1, 0.15) is 21.6 Å². The molecule has 1 amide bonds. The van der Waals surface area contributed by atoms with Crippen molar-refractivity contribution < 1.29 is 4.79 Å². The van der Waals surface area contributed by atoms with Crippen LogP contribution >= 0.6 is 0 Å². The molecule has 0 unspecified atom stereocenters. The van der Waals surface area contributed by atoms with Crippen molar-refractivity contribution in [3.63, 3.8) is 0 Å². The molecule has 4 aromatic carbocycles. The van der Waals surface area contributed by atoms with Crippen LogP contribution in [0.25, 0.3) is 27.7 Å². The molecule has 1 N–H and O–H groups in total. The Hall–Kier alpha value is -4.18. The van der Waals surface area contributed by atoms with Crippen LogP contribution in [0.2, 0.25) is 0 Å². The molecule has 0 saturated carbocycles. The predicted molar refractivity (Wildman–Crippen MR) is 130 cm³/mol. The molecular formula is C28H23N3O. The number of nitrogens with one attached hydrogen (secondary N) is 1. The summed E-state index contributed by atoms with van der Waals surface area (Å²) < 4.78 is 1.88. The van der Waals surface area contributed by atoms with Gasteiger partial charge in [-0.2, -0.15) is 5.10 Å². The van der Waals surface area contributed by atoms with E-state index in [-0.39, 0.29) is 5.91 Å². The van der Waals surface area contributed by atoms with Gasteiger partial charge in [-0.25, -0.2) is 4.68 Å². The second-order valence-electron chi connectivity index (χ2n) is 7.91. The molecule has 0 aliphatic carbocycles. The Labute approximate surface area is 187 Å². The van der Waals surface area contributed by atoms with E-state index in [0.29, 0.717) is 5.69 Å². The van der Waals surface area contributed by atoms with Gasteiger partial charge in [-0.15, -0.1) is 0 Å². The Morgan fingerprint density at radius 2 is 1.47 bits per heavy atom. The van der Waals surface area contributed by atoms with Gasteiger partial charge in [-0.05, 0) is 53.9 Å². The van der Waals surface area contributed by atoms with Gasteiger partial charge in [0.15, 0.2) is 5.69 Å². The molecule has 32 heavy (non-hydrogen) atoms. The van der Waals surface area contributed by atoms with Crippen LogP contribution in [0.5, 0.6) is 0 Å². The fourth-order valence-corrected chi connectivity index (χ4v) is 4.02. The SMILES string of the molecule is Cc1ccccc1NC(=O)c1cc(-c2cccc3ccccc23)n(-c2ccccc2C)n1. The largest absolute Gasteiger partial charge is 0.320 e. The second kappa shape index (κ2) is 8.16. The number of hydrogen-bond donors (Lipinski definition) is 1. The van der Waals surface area contributed by atoms with E-state index in [1.165, 1.54) is 0 Å². The van der Waals surface area contributed by atoms with Crippen LogP contribution in [-0.4, -0.2) is 15.7 Å². The number of rotatable bonds is 4. The zero-order valence-electron chi connectivity index (χ0n) is 18.0. The van der Waals surface area contributed by atoms with E-state index in [4.69, 9.17) is 5.10 Å². The number of carbonyl (C=O) groups excluding carboxylic acids is 1. The summed E-state index contributed by atoms with van der Waals surface area (Å²) >= 11 is 0. The summed E-state index contributed by atoms with van der Waals surface area (Å²) in [6, 6.07) is 32.2. The number of benzene rings is 4. The summed E-state index contributed by atoms with van der Waals surface area (Å²) in [7, 11) is 0. The Morgan fingerprint density at radius 1 is 0.781 bits per heavy atom. The molecule has 0 aliphatic rings. The third-order valence-corrected chi connectivity index (χ3v) is 5.74. The van der Waals surface area contributed by atoms with Crippen molar-refractivity contribution in [3.8, 4) is 16.9 Å².